The average Bonchev–Trinajstić information content (AvgIpc) is 2.62. The lowest BCUT2D eigenvalue weighted by molar-refractivity contribution is -0.0382. The van der Waals surface area contributed by atoms with Crippen LogP contribution in [0.15, 0.2) is 40.9 Å². The van der Waals surface area contributed by atoms with E-state index >= 15 is 0 Å². The van der Waals surface area contributed by atoms with E-state index in [1.807, 2.05) is 12.1 Å². The van der Waals surface area contributed by atoms with Crippen LogP contribution in [0.1, 0.15) is 62.4 Å². The molecule has 3 atom stereocenters. The van der Waals surface area contributed by atoms with E-state index in [-0.39, 0.29) is 23.3 Å². The van der Waals surface area contributed by atoms with Gasteiger partial charge in [0, 0.05) is 23.8 Å². The summed E-state index contributed by atoms with van der Waals surface area (Å²) in [4.78, 5) is 0. The maximum atomic E-state index is 9.85. The van der Waals surface area contributed by atoms with Crippen molar-refractivity contribution in [1.29, 1.82) is 0 Å². The number of fused-ring (bicyclic) bond motifs is 3. The van der Waals surface area contributed by atoms with Crippen LogP contribution >= 0.6 is 15.9 Å². The molecule has 0 aliphatic carbocycles. The SMILES string of the molecule is CC(C)(C)c1ccc2c(c1)[C@H]1OCCC[C@H]1[C@H](c1ccc(O)c(Br)c1)N2. The van der Waals surface area contributed by atoms with Gasteiger partial charge >= 0.3 is 0 Å². The van der Waals surface area contributed by atoms with Crippen LogP contribution in [0.2, 0.25) is 0 Å². The zero-order valence-electron chi connectivity index (χ0n) is 15.6. The van der Waals surface area contributed by atoms with Crippen molar-refractivity contribution in [2.24, 2.45) is 5.92 Å². The predicted molar refractivity (Wildman–Crippen MR) is 109 cm³/mol. The molecule has 0 unspecified atom stereocenters. The number of anilines is 1. The number of phenols is 1. The van der Waals surface area contributed by atoms with Gasteiger partial charge in [-0.1, -0.05) is 39.0 Å². The van der Waals surface area contributed by atoms with Crippen molar-refractivity contribution in [1.82, 2.24) is 0 Å². The van der Waals surface area contributed by atoms with Crippen LogP contribution in [0, 0.1) is 5.92 Å². The highest BCUT2D eigenvalue weighted by Crippen LogP contribution is 2.50. The molecule has 2 aliphatic heterocycles. The molecule has 138 valence electrons. The summed E-state index contributed by atoms with van der Waals surface area (Å²) in [7, 11) is 0. The Morgan fingerprint density at radius 1 is 1.15 bits per heavy atom. The molecule has 2 aliphatic rings. The Bertz CT molecular complexity index is 827. The fourth-order valence-electron chi connectivity index (χ4n) is 4.18. The minimum Gasteiger partial charge on any atom is -0.507 e. The summed E-state index contributed by atoms with van der Waals surface area (Å²) in [5.41, 5.74) is 5.10. The molecule has 26 heavy (non-hydrogen) atoms. The molecule has 2 heterocycles. The van der Waals surface area contributed by atoms with Gasteiger partial charge in [0.1, 0.15) is 5.75 Å². The molecule has 0 spiro atoms. The zero-order chi connectivity index (χ0) is 18.5. The summed E-state index contributed by atoms with van der Waals surface area (Å²) in [5.74, 6) is 0.666. The maximum Gasteiger partial charge on any atom is 0.129 e. The van der Waals surface area contributed by atoms with Gasteiger partial charge in [-0.05, 0) is 63.5 Å². The van der Waals surface area contributed by atoms with Gasteiger partial charge in [-0.3, -0.25) is 0 Å². The Labute approximate surface area is 163 Å². The smallest absolute Gasteiger partial charge is 0.129 e. The van der Waals surface area contributed by atoms with Crippen LogP contribution in [0.5, 0.6) is 5.75 Å². The summed E-state index contributed by atoms with van der Waals surface area (Å²) in [5, 5.41) is 13.6. The van der Waals surface area contributed by atoms with E-state index in [0.717, 1.165) is 29.6 Å². The first-order valence-electron chi connectivity index (χ1n) is 9.35. The average molecular weight is 416 g/mol. The summed E-state index contributed by atoms with van der Waals surface area (Å²) in [6.07, 6.45) is 2.35. The lowest BCUT2D eigenvalue weighted by atomic mass is 9.76. The third kappa shape index (κ3) is 3.14. The zero-order valence-corrected chi connectivity index (χ0v) is 17.1. The van der Waals surface area contributed by atoms with Crippen LogP contribution in [-0.4, -0.2) is 11.7 Å². The van der Waals surface area contributed by atoms with E-state index in [4.69, 9.17) is 4.74 Å². The first-order valence-corrected chi connectivity index (χ1v) is 10.1. The number of hydrogen-bond donors (Lipinski definition) is 2. The van der Waals surface area contributed by atoms with E-state index in [1.165, 1.54) is 16.7 Å². The van der Waals surface area contributed by atoms with Gasteiger partial charge in [-0.2, -0.15) is 0 Å². The van der Waals surface area contributed by atoms with Gasteiger partial charge in [-0.25, -0.2) is 0 Å². The van der Waals surface area contributed by atoms with Crippen LogP contribution in [0.3, 0.4) is 0 Å². The number of phenolic OH excluding ortho intramolecular Hbond substituents is 1. The number of ether oxygens (including phenoxy) is 1. The summed E-state index contributed by atoms with van der Waals surface area (Å²) in [6, 6.07) is 12.7. The number of benzene rings is 2. The third-order valence-corrected chi connectivity index (χ3v) is 6.30. The maximum absolute atomic E-state index is 9.85. The van der Waals surface area contributed by atoms with Crippen molar-refractivity contribution >= 4 is 21.6 Å². The van der Waals surface area contributed by atoms with E-state index in [9.17, 15) is 5.11 Å². The molecule has 0 saturated carbocycles. The Kier molecular flexibility index (Phi) is 4.52. The molecular weight excluding hydrogens is 390 g/mol. The fraction of sp³-hybridized carbons (Fsp3) is 0.455. The monoisotopic (exact) mass is 415 g/mol. The van der Waals surface area contributed by atoms with Gasteiger partial charge in [0.25, 0.3) is 0 Å². The molecule has 2 aromatic carbocycles. The van der Waals surface area contributed by atoms with Gasteiger partial charge in [-0.15, -0.1) is 0 Å². The van der Waals surface area contributed by atoms with Gasteiger partial charge in [0.2, 0.25) is 0 Å². The summed E-state index contributed by atoms with van der Waals surface area (Å²) in [6.45, 7) is 7.58. The molecule has 4 heteroatoms. The quantitative estimate of drug-likeness (QED) is 0.592. The molecular formula is C22H26BrNO2. The van der Waals surface area contributed by atoms with E-state index in [1.54, 1.807) is 6.07 Å². The minimum atomic E-state index is 0.123. The van der Waals surface area contributed by atoms with Crippen molar-refractivity contribution in [2.45, 2.75) is 51.2 Å². The molecule has 0 amide bonds. The largest absolute Gasteiger partial charge is 0.507 e. The van der Waals surface area contributed by atoms with E-state index < -0.39 is 0 Å². The Hall–Kier alpha value is -1.52. The van der Waals surface area contributed by atoms with Gasteiger partial charge < -0.3 is 15.2 Å². The van der Waals surface area contributed by atoms with Crippen LogP contribution in [0.25, 0.3) is 0 Å². The second-order valence-corrected chi connectivity index (χ2v) is 9.34. The van der Waals surface area contributed by atoms with Crippen LogP contribution < -0.4 is 5.32 Å². The third-order valence-electron chi connectivity index (χ3n) is 5.66. The highest BCUT2D eigenvalue weighted by molar-refractivity contribution is 9.10. The minimum absolute atomic E-state index is 0.123. The summed E-state index contributed by atoms with van der Waals surface area (Å²) < 4.78 is 7.02. The van der Waals surface area contributed by atoms with Gasteiger partial charge in [0.15, 0.2) is 0 Å². The Morgan fingerprint density at radius 3 is 2.69 bits per heavy atom. The van der Waals surface area contributed by atoms with Crippen molar-refractivity contribution in [3.05, 3.63) is 57.6 Å². The normalized spacial score (nSPS) is 25.2. The highest BCUT2D eigenvalue weighted by Gasteiger charge is 2.40. The number of hydrogen-bond acceptors (Lipinski definition) is 3. The van der Waals surface area contributed by atoms with Crippen LogP contribution in [-0.2, 0) is 10.2 Å². The first-order chi connectivity index (χ1) is 12.3. The molecule has 2 N–H and O–H groups in total. The lowest BCUT2D eigenvalue weighted by Gasteiger charge is -2.44. The fourth-order valence-corrected chi connectivity index (χ4v) is 4.58. The van der Waals surface area contributed by atoms with E-state index in [2.05, 4.69) is 60.2 Å². The molecule has 1 saturated heterocycles. The topological polar surface area (TPSA) is 41.5 Å². The van der Waals surface area contributed by atoms with Crippen molar-refractivity contribution in [3.63, 3.8) is 0 Å². The second kappa shape index (κ2) is 6.58. The van der Waals surface area contributed by atoms with Crippen LogP contribution in [0.4, 0.5) is 5.69 Å². The molecule has 1 fully saturated rings. The summed E-state index contributed by atoms with van der Waals surface area (Å²) >= 11 is 3.45. The first kappa shape index (κ1) is 17.9. The van der Waals surface area contributed by atoms with E-state index in [0.29, 0.717) is 5.92 Å². The van der Waals surface area contributed by atoms with Crippen molar-refractivity contribution in [2.75, 3.05) is 11.9 Å². The van der Waals surface area contributed by atoms with Crippen molar-refractivity contribution < 1.29 is 9.84 Å². The Balaban J connectivity index is 1.77. The second-order valence-electron chi connectivity index (χ2n) is 8.48. The molecule has 2 aromatic rings. The molecule has 0 bridgehead atoms. The number of halogens is 1. The predicted octanol–water partition coefficient (Wildman–Crippen LogP) is 6.09. The van der Waals surface area contributed by atoms with Crippen molar-refractivity contribution in [3.8, 4) is 5.75 Å². The molecule has 0 radical (unpaired) electrons. The number of aromatic hydroxyl groups is 1. The lowest BCUT2D eigenvalue weighted by Crippen LogP contribution is -2.36. The molecule has 4 rings (SSSR count). The number of rotatable bonds is 1. The molecule has 0 aromatic heterocycles. The van der Waals surface area contributed by atoms with Gasteiger partial charge in [0.05, 0.1) is 16.6 Å². The number of nitrogens with one attached hydrogen (secondary N) is 1. The Morgan fingerprint density at radius 2 is 1.96 bits per heavy atom. The highest BCUT2D eigenvalue weighted by atomic mass is 79.9. The molecule has 3 nitrogen and oxygen atoms in total. The standard InChI is InChI=1S/C22H26BrNO2/c1-22(2,3)14-7-8-18-16(12-14)21-15(5-4-10-26-21)20(24-18)13-6-9-19(25)17(23)11-13/h6-9,11-12,15,20-21,24-25H,4-5,10H2,1-3H3/t15-,20-,21-/m0/s1.